The molecule has 0 aliphatic rings. The minimum atomic E-state index is -3.72. The van der Waals surface area contributed by atoms with Gasteiger partial charge in [0.2, 0.25) is 5.91 Å². The van der Waals surface area contributed by atoms with Gasteiger partial charge in [-0.15, -0.1) is 0 Å². The molecular formula is C15H12ClF2NO3S. The molecule has 0 heterocycles. The van der Waals surface area contributed by atoms with Gasteiger partial charge in [0.25, 0.3) is 0 Å². The van der Waals surface area contributed by atoms with Crippen molar-refractivity contribution in [3.05, 3.63) is 59.1 Å². The van der Waals surface area contributed by atoms with Crippen LogP contribution in [0.15, 0.2) is 47.4 Å². The SMILES string of the molecule is O=C(CCS(=O)(=O)c1ccccc1Cl)Nc1ccc(F)c(F)c1. The molecule has 0 saturated carbocycles. The summed E-state index contributed by atoms with van der Waals surface area (Å²) in [5, 5.41) is 2.38. The molecule has 0 aliphatic heterocycles. The molecule has 0 spiro atoms. The van der Waals surface area contributed by atoms with E-state index in [0.717, 1.165) is 12.1 Å². The minimum Gasteiger partial charge on any atom is -0.326 e. The van der Waals surface area contributed by atoms with Crippen LogP contribution >= 0.6 is 11.6 Å². The van der Waals surface area contributed by atoms with Crippen molar-refractivity contribution in [3.63, 3.8) is 0 Å². The number of rotatable bonds is 5. The predicted octanol–water partition coefficient (Wildman–Crippen LogP) is 3.42. The van der Waals surface area contributed by atoms with Crippen molar-refractivity contribution in [2.45, 2.75) is 11.3 Å². The highest BCUT2D eigenvalue weighted by Crippen LogP contribution is 2.22. The van der Waals surface area contributed by atoms with Gasteiger partial charge in [-0.25, -0.2) is 17.2 Å². The molecule has 23 heavy (non-hydrogen) atoms. The summed E-state index contributed by atoms with van der Waals surface area (Å²) in [4.78, 5) is 11.7. The number of hydrogen-bond acceptors (Lipinski definition) is 3. The molecule has 8 heteroatoms. The normalized spacial score (nSPS) is 11.3. The van der Waals surface area contributed by atoms with Crippen molar-refractivity contribution in [1.82, 2.24) is 0 Å². The minimum absolute atomic E-state index is 0.0454. The Labute approximate surface area is 137 Å². The number of carbonyl (C=O) groups is 1. The fourth-order valence-electron chi connectivity index (χ4n) is 1.83. The van der Waals surface area contributed by atoms with Crippen molar-refractivity contribution in [2.75, 3.05) is 11.1 Å². The number of sulfone groups is 1. The summed E-state index contributed by atoms with van der Waals surface area (Å²) in [5.41, 5.74) is 0.0454. The van der Waals surface area contributed by atoms with Crippen LogP contribution in [-0.2, 0) is 14.6 Å². The van der Waals surface area contributed by atoms with Gasteiger partial charge in [-0.3, -0.25) is 4.79 Å². The van der Waals surface area contributed by atoms with Crippen molar-refractivity contribution < 1.29 is 22.0 Å². The van der Waals surface area contributed by atoms with Crippen LogP contribution in [0, 0.1) is 11.6 Å². The molecule has 0 saturated heterocycles. The molecule has 2 rings (SSSR count). The van der Waals surface area contributed by atoms with Crippen LogP contribution in [0.1, 0.15) is 6.42 Å². The van der Waals surface area contributed by atoms with Gasteiger partial charge in [0.1, 0.15) is 0 Å². The van der Waals surface area contributed by atoms with E-state index in [1.54, 1.807) is 6.07 Å². The Hall–Kier alpha value is -1.99. The molecule has 0 radical (unpaired) electrons. The number of carbonyl (C=O) groups excluding carboxylic acids is 1. The third kappa shape index (κ3) is 4.49. The standard InChI is InChI=1S/C15H12ClF2NO3S/c16-11-3-1-2-4-14(11)23(21,22)8-7-15(20)19-10-5-6-12(17)13(18)9-10/h1-6,9H,7-8H2,(H,19,20). The van der Waals surface area contributed by atoms with Crippen molar-refractivity contribution in [1.29, 1.82) is 0 Å². The lowest BCUT2D eigenvalue weighted by Gasteiger charge is -2.08. The van der Waals surface area contributed by atoms with Gasteiger partial charge in [0.05, 0.1) is 15.7 Å². The van der Waals surface area contributed by atoms with Crippen molar-refractivity contribution in [2.24, 2.45) is 0 Å². The maximum Gasteiger partial charge on any atom is 0.225 e. The van der Waals surface area contributed by atoms with E-state index in [1.165, 1.54) is 24.3 Å². The lowest BCUT2D eigenvalue weighted by atomic mass is 10.3. The highest BCUT2D eigenvalue weighted by molar-refractivity contribution is 7.91. The first-order valence-corrected chi connectivity index (χ1v) is 8.55. The number of amides is 1. The second-order valence-corrected chi connectivity index (χ2v) is 7.16. The van der Waals surface area contributed by atoms with Crippen LogP contribution in [0.2, 0.25) is 5.02 Å². The zero-order chi connectivity index (χ0) is 17.0. The fourth-order valence-corrected chi connectivity index (χ4v) is 3.64. The Bertz CT molecular complexity index is 840. The predicted molar refractivity (Wildman–Crippen MR) is 83.1 cm³/mol. The summed E-state index contributed by atoms with van der Waals surface area (Å²) in [7, 11) is -3.72. The quantitative estimate of drug-likeness (QED) is 0.889. The van der Waals surface area contributed by atoms with E-state index in [4.69, 9.17) is 11.6 Å². The molecule has 0 aromatic heterocycles. The number of benzene rings is 2. The molecular weight excluding hydrogens is 348 g/mol. The molecule has 2 aromatic carbocycles. The van der Waals surface area contributed by atoms with E-state index >= 15 is 0 Å². The first kappa shape index (κ1) is 17.4. The Morgan fingerprint density at radius 1 is 1.09 bits per heavy atom. The Balaban J connectivity index is 2.01. The molecule has 1 amide bonds. The van der Waals surface area contributed by atoms with E-state index < -0.39 is 33.1 Å². The van der Waals surface area contributed by atoms with Gasteiger partial charge in [0, 0.05) is 18.2 Å². The molecule has 1 N–H and O–H groups in total. The van der Waals surface area contributed by atoms with Gasteiger partial charge < -0.3 is 5.32 Å². The molecule has 0 bridgehead atoms. The summed E-state index contributed by atoms with van der Waals surface area (Å²) in [5.74, 6) is -3.23. The first-order valence-electron chi connectivity index (χ1n) is 6.52. The molecule has 122 valence electrons. The maximum absolute atomic E-state index is 13.0. The van der Waals surface area contributed by atoms with E-state index in [1.807, 2.05) is 0 Å². The van der Waals surface area contributed by atoms with Gasteiger partial charge in [-0.1, -0.05) is 23.7 Å². The molecule has 0 atom stereocenters. The lowest BCUT2D eigenvalue weighted by molar-refractivity contribution is -0.115. The molecule has 0 unspecified atom stereocenters. The lowest BCUT2D eigenvalue weighted by Crippen LogP contribution is -2.17. The Morgan fingerprint density at radius 3 is 2.43 bits per heavy atom. The van der Waals surface area contributed by atoms with Crippen molar-refractivity contribution >= 4 is 33.0 Å². The number of nitrogens with one attached hydrogen (secondary N) is 1. The Kier molecular flexibility index (Phi) is 5.33. The van der Waals surface area contributed by atoms with Gasteiger partial charge >= 0.3 is 0 Å². The largest absolute Gasteiger partial charge is 0.326 e. The number of anilines is 1. The summed E-state index contributed by atoms with van der Waals surface area (Å²) in [6.45, 7) is 0. The summed E-state index contributed by atoms with van der Waals surface area (Å²) >= 11 is 5.83. The van der Waals surface area contributed by atoms with Crippen LogP contribution in [-0.4, -0.2) is 20.1 Å². The topological polar surface area (TPSA) is 63.2 Å². The second kappa shape index (κ2) is 7.06. The van der Waals surface area contributed by atoms with E-state index in [9.17, 15) is 22.0 Å². The van der Waals surface area contributed by atoms with Crippen LogP contribution in [0.4, 0.5) is 14.5 Å². The highest BCUT2D eigenvalue weighted by atomic mass is 35.5. The van der Waals surface area contributed by atoms with Crippen molar-refractivity contribution in [3.8, 4) is 0 Å². The van der Waals surface area contributed by atoms with Crippen LogP contribution in [0.3, 0.4) is 0 Å². The molecule has 2 aromatic rings. The van der Waals surface area contributed by atoms with Crippen LogP contribution in [0.25, 0.3) is 0 Å². The van der Waals surface area contributed by atoms with Gasteiger partial charge in [-0.05, 0) is 24.3 Å². The molecule has 0 aliphatic carbocycles. The highest BCUT2D eigenvalue weighted by Gasteiger charge is 2.19. The first-order chi connectivity index (χ1) is 10.8. The summed E-state index contributed by atoms with van der Waals surface area (Å²) in [6, 6.07) is 8.78. The van der Waals surface area contributed by atoms with E-state index in [-0.39, 0.29) is 22.0 Å². The summed E-state index contributed by atoms with van der Waals surface area (Å²) in [6.07, 6.45) is -0.341. The molecule has 4 nitrogen and oxygen atoms in total. The zero-order valence-electron chi connectivity index (χ0n) is 11.7. The van der Waals surface area contributed by atoms with Gasteiger partial charge in [-0.2, -0.15) is 0 Å². The van der Waals surface area contributed by atoms with Gasteiger partial charge in [0.15, 0.2) is 21.5 Å². The van der Waals surface area contributed by atoms with Crippen LogP contribution in [0.5, 0.6) is 0 Å². The van der Waals surface area contributed by atoms with E-state index in [2.05, 4.69) is 5.32 Å². The monoisotopic (exact) mass is 359 g/mol. The third-order valence-electron chi connectivity index (χ3n) is 2.97. The van der Waals surface area contributed by atoms with E-state index in [0.29, 0.717) is 0 Å². The van der Waals surface area contributed by atoms with Crippen LogP contribution < -0.4 is 5.32 Å². The average Bonchev–Trinajstić information content (AvgIpc) is 2.49. The number of hydrogen-bond donors (Lipinski definition) is 1. The maximum atomic E-state index is 13.0. The fraction of sp³-hybridized carbons (Fsp3) is 0.133. The second-order valence-electron chi connectivity index (χ2n) is 4.68. The number of halogens is 3. The molecule has 0 fully saturated rings. The third-order valence-corrected chi connectivity index (χ3v) is 5.18. The smallest absolute Gasteiger partial charge is 0.225 e. The Morgan fingerprint density at radius 2 is 1.78 bits per heavy atom. The average molecular weight is 360 g/mol. The summed E-state index contributed by atoms with van der Waals surface area (Å²) < 4.78 is 50.1. The zero-order valence-corrected chi connectivity index (χ0v) is 13.3.